The Morgan fingerprint density at radius 3 is 1.37 bits per heavy atom. The van der Waals surface area contributed by atoms with Crippen molar-refractivity contribution >= 4 is 29.2 Å². The normalized spacial score (nSPS) is 16.7. The summed E-state index contributed by atoms with van der Waals surface area (Å²) in [6.07, 6.45) is 3.61. The number of H-pyrrole nitrogens is 2. The second-order valence-corrected chi connectivity index (χ2v) is 25.1. The van der Waals surface area contributed by atoms with Crippen LogP contribution < -0.4 is 31.6 Å². The lowest BCUT2D eigenvalue weighted by Crippen LogP contribution is -2.50. The van der Waals surface area contributed by atoms with Crippen molar-refractivity contribution in [2.24, 2.45) is 0 Å². The summed E-state index contributed by atoms with van der Waals surface area (Å²) < 4.78 is 16.9. The van der Waals surface area contributed by atoms with E-state index in [9.17, 15) is 24.0 Å². The second kappa shape index (κ2) is 30.6. The molecule has 18 nitrogen and oxygen atoms in total. The molecule has 18 heteroatoms. The largest absolute Gasteiger partial charge is 0.465 e. The lowest BCUT2D eigenvalue weighted by Gasteiger charge is -2.40. The standard InChI is InChI=1S/C72H94N10O8/c1-9-81(60-19-33-88-34-20-60)66-41-58(39-62(52(66)7)69(84)73-43-64-48(3)37-50(5)75-71(64)86)56-15-11-54(12-16-56)45-78-25-23-77(24-26-78)31-32-82(61-21-35-89-36-22-61)67-42-59(40-63(53(67)8)70(85)74-44-65-49(4)38-51(6)76-72(65)87)57-17-13-55(14-18-57)46-79-27-29-80(30-28-79)47-68(83)90-10-2/h11-18,37-42,60-61H,9-10,19-36,43-47H2,1-8H3,(H,73,84)(H,74,85)(H,75,86)(H,76,87). The van der Waals surface area contributed by atoms with Crippen LogP contribution in [0.3, 0.4) is 0 Å². The number of hydrogen-bond donors (Lipinski definition) is 4. The predicted octanol–water partition coefficient (Wildman–Crippen LogP) is 8.60. The number of amides is 2. The minimum absolute atomic E-state index is 0.111. The van der Waals surface area contributed by atoms with Gasteiger partial charge in [-0.25, -0.2) is 0 Å². The van der Waals surface area contributed by atoms with Crippen molar-refractivity contribution in [3.63, 3.8) is 0 Å². The molecule has 0 unspecified atom stereocenters. The number of aryl methyl sites for hydroxylation is 4. The van der Waals surface area contributed by atoms with Gasteiger partial charge in [0, 0.05) is 182 Å². The lowest BCUT2D eigenvalue weighted by molar-refractivity contribution is -0.144. The molecule has 2 aromatic heterocycles. The van der Waals surface area contributed by atoms with E-state index in [1.54, 1.807) is 0 Å². The molecule has 0 aliphatic carbocycles. The Balaban J connectivity index is 0.831. The molecule has 0 saturated carbocycles. The predicted molar refractivity (Wildman–Crippen MR) is 357 cm³/mol. The summed E-state index contributed by atoms with van der Waals surface area (Å²) in [4.78, 5) is 87.5. The third kappa shape index (κ3) is 16.4. The molecule has 0 atom stereocenters. The molecule has 10 rings (SSSR count). The molecule has 480 valence electrons. The van der Waals surface area contributed by atoms with Crippen LogP contribution in [0.15, 0.2) is 94.5 Å². The molecule has 6 aromatic rings. The monoisotopic (exact) mass is 1230 g/mol. The Bertz CT molecular complexity index is 3570. The van der Waals surface area contributed by atoms with Crippen LogP contribution in [-0.2, 0) is 45.2 Å². The summed E-state index contributed by atoms with van der Waals surface area (Å²) in [7, 11) is 0. The maximum absolute atomic E-state index is 14.6. The summed E-state index contributed by atoms with van der Waals surface area (Å²) >= 11 is 0. The van der Waals surface area contributed by atoms with Crippen LogP contribution in [-0.4, -0.2) is 171 Å². The van der Waals surface area contributed by atoms with Gasteiger partial charge in [-0.15, -0.1) is 0 Å². The maximum Gasteiger partial charge on any atom is 0.320 e. The van der Waals surface area contributed by atoms with Crippen molar-refractivity contribution in [3.8, 4) is 22.3 Å². The first-order valence-electron chi connectivity index (χ1n) is 32.7. The summed E-state index contributed by atoms with van der Waals surface area (Å²) in [5.41, 5.74) is 15.5. The third-order valence-electron chi connectivity index (χ3n) is 18.9. The summed E-state index contributed by atoms with van der Waals surface area (Å²) in [5, 5.41) is 6.23. The number of nitrogens with zero attached hydrogens (tertiary/aromatic N) is 6. The van der Waals surface area contributed by atoms with Crippen LogP contribution in [0.2, 0.25) is 0 Å². The van der Waals surface area contributed by atoms with E-state index >= 15 is 0 Å². The smallest absolute Gasteiger partial charge is 0.320 e. The van der Waals surface area contributed by atoms with Crippen LogP contribution in [0.5, 0.6) is 0 Å². The number of hydrogen-bond acceptors (Lipinski definition) is 14. The fourth-order valence-corrected chi connectivity index (χ4v) is 13.7. The number of aromatic amines is 2. The van der Waals surface area contributed by atoms with Gasteiger partial charge in [0.15, 0.2) is 0 Å². The zero-order valence-corrected chi connectivity index (χ0v) is 54.4. The molecule has 0 spiro atoms. The second-order valence-electron chi connectivity index (χ2n) is 25.1. The van der Waals surface area contributed by atoms with Gasteiger partial charge in [0.2, 0.25) is 0 Å². The number of aromatic nitrogens is 2. The Labute approximate surface area is 531 Å². The highest BCUT2D eigenvalue weighted by Gasteiger charge is 2.30. The number of ether oxygens (including phenoxy) is 3. The van der Waals surface area contributed by atoms with Gasteiger partial charge in [-0.1, -0.05) is 48.5 Å². The number of nitrogens with one attached hydrogen (secondary N) is 4. The molecule has 6 heterocycles. The zero-order chi connectivity index (χ0) is 63.4. The minimum atomic E-state index is -0.223. The van der Waals surface area contributed by atoms with Crippen molar-refractivity contribution in [2.75, 3.05) is 121 Å². The van der Waals surface area contributed by atoms with Gasteiger partial charge in [-0.05, 0) is 173 Å². The van der Waals surface area contributed by atoms with Gasteiger partial charge in [0.05, 0.1) is 13.2 Å². The molecule has 4 aromatic carbocycles. The van der Waals surface area contributed by atoms with Crippen molar-refractivity contribution < 1.29 is 28.6 Å². The van der Waals surface area contributed by atoms with Gasteiger partial charge in [-0.3, -0.25) is 43.6 Å². The van der Waals surface area contributed by atoms with Gasteiger partial charge < -0.3 is 44.6 Å². The van der Waals surface area contributed by atoms with Crippen LogP contribution in [0, 0.1) is 41.5 Å². The Hall–Kier alpha value is -7.45. The number of carbonyl (C=O) groups is 3. The lowest BCUT2D eigenvalue weighted by atomic mass is 9.94. The number of esters is 1. The first kappa shape index (κ1) is 65.5. The topological polar surface area (TPSA) is 188 Å². The van der Waals surface area contributed by atoms with E-state index in [1.165, 1.54) is 11.1 Å². The van der Waals surface area contributed by atoms with Crippen molar-refractivity contribution in [3.05, 3.63) is 173 Å². The summed E-state index contributed by atoms with van der Waals surface area (Å²) in [6.45, 7) is 30.5. The van der Waals surface area contributed by atoms with E-state index in [2.05, 4.69) is 125 Å². The number of carbonyl (C=O) groups excluding carboxylic acids is 3. The first-order valence-corrected chi connectivity index (χ1v) is 32.7. The van der Waals surface area contributed by atoms with E-state index < -0.39 is 0 Å². The molecule has 2 amide bonds. The quantitative estimate of drug-likeness (QED) is 0.0447. The summed E-state index contributed by atoms with van der Waals surface area (Å²) in [6, 6.07) is 30.4. The molecule has 90 heavy (non-hydrogen) atoms. The number of anilines is 2. The van der Waals surface area contributed by atoms with Gasteiger partial charge in [0.25, 0.3) is 22.9 Å². The highest BCUT2D eigenvalue weighted by Crippen LogP contribution is 2.37. The van der Waals surface area contributed by atoms with Crippen molar-refractivity contribution in [2.45, 2.75) is 119 Å². The Morgan fingerprint density at radius 2 is 0.944 bits per heavy atom. The van der Waals surface area contributed by atoms with Crippen LogP contribution in [0.4, 0.5) is 11.4 Å². The Kier molecular flexibility index (Phi) is 22.3. The van der Waals surface area contributed by atoms with Crippen LogP contribution in [0.25, 0.3) is 22.3 Å². The minimum Gasteiger partial charge on any atom is -0.465 e. The van der Waals surface area contributed by atoms with E-state index in [1.807, 2.05) is 65.8 Å². The van der Waals surface area contributed by atoms with E-state index in [4.69, 9.17) is 14.2 Å². The highest BCUT2D eigenvalue weighted by molar-refractivity contribution is 6.00. The molecule has 4 aliphatic heterocycles. The van der Waals surface area contributed by atoms with Crippen molar-refractivity contribution in [1.29, 1.82) is 0 Å². The first-order chi connectivity index (χ1) is 43.5. The average molecular weight is 1230 g/mol. The van der Waals surface area contributed by atoms with Crippen LogP contribution >= 0.6 is 0 Å². The van der Waals surface area contributed by atoms with Gasteiger partial charge in [0.1, 0.15) is 0 Å². The number of pyridine rings is 2. The van der Waals surface area contributed by atoms with Crippen molar-refractivity contribution in [1.82, 2.24) is 40.2 Å². The molecule has 4 fully saturated rings. The van der Waals surface area contributed by atoms with Gasteiger partial charge in [-0.2, -0.15) is 0 Å². The molecule has 4 aliphatic rings. The molecule has 0 bridgehead atoms. The summed E-state index contributed by atoms with van der Waals surface area (Å²) in [5.74, 6) is -0.606. The highest BCUT2D eigenvalue weighted by atomic mass is 16.5. The molecule has 0 radical (unpaired) electrons. The SMILES string of the molecule is CCOC(=O)CN1CCN(Cc2ccc(-c3cc(C(=O)NCc4c(C)cc(C)[nH]c4=O)c(C)c(N(CCN4CCN(Cc5ccc(-c6cc(C(=O)NCc7c(C)cc(C)[nH]c7=O)c(C)c(N(CC)C7CCOCC7)c6)cc5)CC4)C4CCOCC4)c3)cc2)CC1. The fraction of sp³-hybridized carbons (Fsp3) is 0.486. The van der Waals surface area contributed by atoms with E-state index in [0.717, 1.165) is 178 Å². The fourth-order valence-electron chi connectivity index (χ4n) is 13.7. The zero-order valence-electron chi connectivity index (χ0n) is 54.4. The average Bonchev–Trinajstić information content (AvgIpc) is 0.935. The third-order valence-corrected chi connectivity index (χ3v) is 18.9. The Morgan fingerprint density at radius 1 is 0.533 bits per heavy atom. The molecule has 4 N–H and O–H groups in total. The van der Waals surface area contributed by atoms with E-state index in [0.29, 0.717) is 67.9 Å². The number of rotatable bonds is 23. The number of benzene rings is 4. The van der Waals surface area contributed by atoms with Gasteiger partial charge >= 0.3 is 5.97 Å². The van der Waals surface area contributed by atoms with Crippen LogP contribution in [0.1, 0.15) is 116 Å². The van der Waals surface area contributed by atoms with E-state index in [-0.39, 0.29) is 48.0 Å². The maximum atomic E-state index is 14.6. The molecule has 4 saturated heterocycles. The number of piperazine rings is 2. The molecular formula is C72H94N10O8. The molecular weight excluding hydrogens is 1130 g/mol.